The SMILES string of the molecule is CCNC(=O)C(CC)N(Cc1cccc(C)c1)C(=O)CCCN(c1ccc2c(c1)OCO2)S(C)(=O)=O. The van der Waals surface area contributed by atoms with Crippen LogP contribution in [-0.4, -0.2) is 57.3 Å². The van der Waals surface area contributed by atoms with Crippen molar-refractivity contribution in [3.63, 3.8) is 0 Å². The molecular formula is C26H35N3O6S. The molecule has 2 amide bonds. The summed E-state index contributed by atoms with van der Waals surface area (Å²) in [5, 5.41) is 2.82. The monoisotopic (exact) mass is 517 g/mol. The standard InChI is InChI=1S/C26H35N3O6S/c1-5-22(26(31)27-6-2)28(17-20-10-7-9-19(3)15-20)25(30)11-8-14-29(36(4,32)33)21-12-13-23-24(16-21)35-18-34-23/h7,9-10,12-13,15-16,22H,5-6,8,11,14,17-18H2,1-4H3,(H,27,31). The van der Waals surface area contributed by atoms with E-state index in [4.69, 9.17) is 9.47 Å². The molecule has 0 bridgehead atoms. The van der Waals surface area contributed by atoms with E-state index in [1.807, 2.05) is 45.0 Å². The molecule has 196 valence electrons. The molecule has 1 heterocycles. The average Bonchev–Trinajstić information content (AvgIpc) is 3.29. The fourth-order valence-corrected chi connectivity index (χ4v) is 5.22. The molecule has 10 heteroatoms. The summed E-state index contributed by atoms with van der Waals surface area (Å²) in [6.07, 6.45) is 1.98. The van der Waals surface area contributed by atoms with Crippen molar-refractivity contribution in [3.05, 3.63) is 53.6 Å². The van der Waals surface area contributed by atoms with Gasteiger partial charge in [-0.05, 0) is 44.4 Å². The van der Waals surface area contributed by atoms with Gasteiger partial charge in [0.15, 0.2) is 11.5 Å². The van der Waals surface area contributed by atoms with Crippen LogP contribution in [0.15, 0.2) is 42.5 Å². The van der Waals surface area contributed by atoms with E-state index in [-0.39, 0.29) is 38.0 Å². The lowest BCUT2D eigenvalue weighted by molar-refractivity contribution is -0.141. The lowest BCUT2D eigenvalue weighted by Crippen LogP contribution is -2.49. The van der Waals surface area contributed by atoms with Crippen molar-refractivity contribution < 1.29 is 27.5 Å². The Morgan fingerprint density at radius 2 is 1.83 bits per heavy atom. The Labute approximate surface area is 213 Å². The third kappa shape index (κ3) is 6.90. The molecular weight excluding hydrogens is 482 g/mol. The van der Waals surface area contributed by atoms with E-state index in [9.17, 15) is 18.0 Å². The van der Waals surface area contributed by atoms with Crippen molar-refractivity contribution in [1.29, 1.82) is 0 Å². The Hall–Kier alpha value is -3.27. The number of fused-ring (bicyclic) bond motifs is 1. The molecule has 3 rings (SSSR count). The number of benzene rings is 2. The van der Waals surface area contributed by atoms with Gasteiger partial charge in [-0.1, -0.05) is 36.8 Å². The summed E-state index contributed by atoms with van der Waals surface area (Å²) >= 11 is 0. The van der Waals surface area contributed by atoms with Crippen LogP contribution >= 0.6 is 0 Å². The van der Waals surface area contributed by atoms with Gasteiger partial charge in [-0.25, -0.2) is 8.42 Å². The van der Waals surface area contributed by atoms with Crippen LogP contribution in [0.2, 0.25) is 0 Å². The zero-order valence-electron chi connectivity index (χ0n) is 21.3. The zero-order valence-corrected chi connectivity index (χ0v) is 22.1. The van der Waals surface area contributed by atoms with Gasteiger partial charge in [0.2, 0.25) is 28.6 Å². The first-order valence-corrected chi connectivity index (χ1v) is 14.0. The molecule has 1 atom stereocenters. The van der Waals surface area contributed by atoms with E-state index in [0.29, 0.717) is 36.7 Å². The normalized spacial score (nSPS) is 13.2. The van der Waals surface area contributed by atoms with Crippen molar-refractivity contribution in [2.45, 2.75) is 52.6 Å². The van der Waals surface area contributed by atoms with Crippen LogP contribution in [0, 0.1) is 6.92 Å². The Balaban J connectivity index is 1.75. The molecule has 2 aromatic rings. The number of nitrogens with one attached hydrogen (secondary N) is 1. The quantitative estimate of drug-likeness (QED) is 0.464. The van der Waals surface area contributed by atoms with Gasteiger partial charge in [0.25, 0.3) is 0 Å². The van der Waals surface area contributed by atoms with Crippen molar-refractivity contribution in [2.24, 2.45) is 0 Å². The Morgan fingerprint density at radius 3 is 2.50 bits per heavy atom. The van der Waals surface area contributed by atoms with Gasteiger partial charge in [-0.2, -0.15) is 0 Å². The van der Waals surface area contributed by atoms with Crippen LogP contribution < -0.4 is 19.1 Å². The van der Waals surface area contributed by atoms with Crippen molar-refractivity contribution in [1.82, 2.24) is 10.2 Å². The number of aryl methyl sites for hydroxylation is 1. The van der Waals surface area contributed by atoms with Crippen LogP contribution in [0.4, 0.5) is 5.69 Å². The van der Waals surface area contributed by atoms with Gasteiger partial charge in [-0.3, -0.25) is 13.9 Å². The first-order valence-electron chi connectivity index (χ1n) is 12.1. The predicted octanol–water partition coefficient (Wildman–Crippen LogP) is 3.21. The van der Waals surface area contributed by atoms with E-state index in [2.05, 4.69) is 5.32 Å². The number of carbonyl (C=O) groups excluding carboxylic acids is 2. The van der Waals surface area contributed by atoms with E-state index in [1.165, 1.54) is 4.31 Å². The molecule has 0 aromatic heterocycles. The van der Waals surface area contributed by atoms with E-state index in [0.717, 1.165) is 17.4 Å². The molecule has 36 heavy (non-hydrogen) atoms. The second-order valence-electron chi connectivity index (χ2n) is 8.81. The fraction of sp³-hybridized carbons (Fsp3) is 0.462. The molecule has 0 saturated carbocycles. The zero-order chi connectivity index (χ0) is 26.3. The molecule has 1 aliphatic rings. The average molecular weight is 518 g/mol. The van der Waals surface area contributed by atoms with Gasteiger partial charge < -0.3 is 19.7 Å². The predicted molar refractivity (Wildman–Crippen MR) is 138 cm³/mol. The van der Waals surface area contributed by atoms with Gasteiger partial charge in [0, 0.05) is 32.1 Å². The van der Waals surface area contributed by atoms with Crippen LogP contribution in [0.25, 0.3) is 0 Å². The minimum Gasteiger partial charge on any atom is -0.454 e. The number of carbonyl (C=O) groups is 2. The highest BCUT2D eigenvalue weighted by Gasteiger charge is 2.29. The molecule has 0 radical (unpaired) electrons. The highest BCUT2D eigenvalue weighted by atomic mass is 32.2. The molecule has 2 aromatic carbocycles. The second-order valence-corrected chi connectivity index (χ2v) is 10.7. The van der Waals surface area contributed by atoms with Crippen molar-refractivity contribution >= 4 is 27.5 Å². The third-order valence-corrected chi connectivity index (χ3v) is 7.16. The number of amides is 2. The number of anilines is 1. The largest absolute Gasteiger partial charge is 0.454 e. The van der Waals surface area contributed by atoms with Crippen LogP contribution in [0.1, 0.15) is 44.2 Å². The van der Waals surface area contributed by atoms with Crippen LogP contribution in [0.5, 0.6) is 11.5 Å². The van der Waals surface area contributed by atoms with Gasteiger partial charge in [-0.15, -0.1) is 0 Å². The fourth-order valence-electron chi connectivity index (χ4n) is 4.26. The smallest absolute Gasteiger partial charge is 0.242 e. The van der Waals surface area contributed by atoms with E-state index < -0.39 is 16.1 Å². The third-order valence-electron chi connectivity index (χ3n) is 5.97. The minimum absolute atomic E-state index is 0.0904. The number of rotatable bonds is 12. The van der Waals surface area contributed by atoms with Crippen molar-refractivity contribution in [2.75, 3.05) is 30.4 Å². The first kappa shape index (κ1) is 27.3. The summed E-state index contributed by atoms with van der Waals surface area (Å²) in [7, 11) is -3.60. The maximum absolute atomic E-state index is 13.4. The van der Waals surface area contributed by atoms with Crippen LogP contribution in [0.3, 0.4) is 0 Å². The Kier molecular flexibility index (Phi) is 9.19. The molecule has 9 nitrogen and oxygen atoms in total. The lowest BCUT2D eigenvalue weighted by atomic mass is 10.1. The highest BCUT2D eigenvalue weighted by Crippen LogP contribution is 2.36. The summed E-state index contributed by atoms with van der Waals surface area (Å²) in [6.45, 7) is 6.67. The summed E-state index contributed by atoms with van der Waals surface area (Å²) in [5.41, 5.74) is 2.45. The number of hydrogen-bond acceptors (Lipinski definition) is 6. The minimum atomic E-state index is -3.60. The number of hydrogen-bond donors (Lipinski definition) is 1. The van der Waals surface area contributed by atoms with Gasteiger partial charge >= 0.3 is 0 Å². The molecule has 0 aliphatic carbocycles. The number of sulfonamides is 1. The number of ether oxygens (including phenoxy) is 2. The second kappa shape index (κ2) is 12.1. The Morgan fingerprint density at radius 1 is 1.08 bits per heavy atom. The molecule has 1 unspecified atom stereocenters. The molecule has 1 aliphatic heterocycles. The lowest BCUT2D eigenvalue weighted by Gasteiger charge is -2.31. The topological polar surface area (TPSA) is 105 Å². The van der Waals surface area contributed by atoms with E-state index in [1.54, 1.807) is 23.1 Å². The highest BCUT2D eigenvalue weighted by molar-refractivity contribution is 7.92. The molecule has 0 spiro atoms. The number of likely N-dealkylation sites (N-methyl/N-ethyl adjacent to an activating group) is 1. The maximum atomic E-state index is 13.4. The van der Waals surface area contributed by atoms with Gasteiger partial charge in [0.1, 0.15) is 6.04 Å². The molecule has 0 saturated heterocycles. The summed E-state index contributed by atoms with van der Waals surface area (Å²) in [4.78, 5) is 27.8. The Bertz CT molecular complexity index is 1180. The van der Waals surface area contributed by atoms with Gasteiger partial charge in [0.05, 0.1) is 11.9 Å². The summed E-state index contributed by atoms with van der Waals surface area (Å²) in [5.74, 6) is 0.646. The maximum Gasteiger partial charge on any atom is 0.242 e. The van der Waals surface area contributed by atoms with Crippen LogP contribution in [-0.2, 0) is 26.2 Å². The number of nitrogens with zero attached hydrogens (tertiary/aromatic N) is 2. The molecule has 1 N–H and O–H groups in total. The van der Waals surface area contributed by atoms with E-state index >= 15 is 0 Å². The summed E-state index contributed by atoms with van der Waals surface area (Å²) < 4.78 is 37.0. The molecule has 0 fully saturated rings. The first-order chi connectivity index (χ1) is 17.1. The summed E-state index contributed by atoms with van der Waals surface area (Å²) in [6, 6.07) is 12.2. The van der Waals surface area contributed by atoms with Crippen molar-refractivity contribution in [3.8, 4) is 11.5 Å².